The third-order valence-corrected chi connectivity index (χ3v) is 12.5. The van der Waals surface area contributed by atoms with Gasteiger partial charge in [-0.3, -0.25) is 0 Å². The molecule has 1 aliphatic rings. The summed E-state index contributed by atoms with van der Waals surface area (Å²) in [7, 11) is 0. The number of hydrogen-bond acceptors (Lipinski definition) is 2. The van der Waals surface area contributed by atoms with E-state index in [0.717, 1.165) is 11.2 Å². The summed E-state index contributed by atoms with van der Waals surface area (Å²) in [5, 5.41) is 0.992. The van der Waals surface area contributed by atoms with Crippen LogP contribution < -0.4 is 0 Å². The first kappa shape index (κ1) is 40.7. The van der Waals surface area contributed by atoms with Gasteiger partial charge in [0.15, 0.2) is 0 Å². The van der Waals surface area contributed by atoms with Crippen LogP contribution in [0.15, 0.2) is 0 Å². The van der Waals surface area contributed by atoms with Crippen molar-refractivity contribution in [3.63, 3.8) is 0 Å². The normalized spacial score (nSPS) is 17.3. The highest BCUT2D eigenvalue weighted by atomic mass is 32.2. The van der Waals surface area contributed by atoms with Crippen LogP contribution in [0.5, 0.6) is 0 Å². The lowest BCUT2D eigenvalue weighted by atomic mass is 9.87. The van der Waals surface area contributed by atoms with E-state index < -0.39 is 0 Å². The van der Waals surface area contributed by atoms with Crippen molar-refractivity contribution in [2.24, 2.45) is 5.92 Å². The fraction of sp³-hybridized carbons (Fsp3) is 1.00. The molecule has 252 valence electrons. The van der Waals surface area contributed by atoms with Crippen LogP contribution in [0.1, 0.15) is 226 Å². The Bertz CT molecular complexity index is 484. The average molecular weight is 625 g/mol. The summed E-state index contributed by atoms with van der Waals surface area (Å²) in [4.78, 5) is 0. The Balaban J connectivity index is 1.73. The lowest BCUT2D eigenvalue weighted by molar-refractivity contribution is 0.358. The van der Waals surface area contributed by atoms with Crippen LogP contribution in [0.2, 0.25) is 0 Å². The van der Waals surface area contributed by atoms with Gasteiger partial charge in [-0.25, -0.2) is 0 Å². The summed E-state index contributed by atoms with van der Waals surface area (Å²) >= 11 is 4.59. The van der Waals surface area contributed by atoms with Gasteiger partial charge in [0.2, 0.25) is 0 Å². The predicted molar refractivity (Wildman–Crippen MR) is 201 cm³/mol. The first-order valence-electron chi connectivity index (χ1n) is 20.1. The van der Waals surface area contributed by atoms with Gasteiger partial charge in [0.05, 0.1) is 0 Å². The number of thioether (sulfide) groups is 2. The van der Waals surface area contributed by atoms with Gasteiger partial charge in [-0.15, -0.1) is 0 Å². The van der Waals surface area contributed by atoms with E-state index in [4.69, 9.17) is 0 Å². The van der Waals surface area contributed by atoms with E-state index in [-0.39, 0.29) is 0 Å². The summed E-state index contributed by atoms with van der Waals surface area (Å²) in [6, 6.07) is 0. The van der Waals surface area contributed by atoms with Gasteiger partial charge in [0, 0.05) is 5.25 Å². The molecule has 1 rings (SSSR count). The van der Waals surface area contributed by atoms with Crippen LogP contribution in [0.25, 0.3) is 0 Å². The van der Waals surface area contributed by atoms with Crippen LogP contribution in [0, 0.1) is 5.92 Å². The van der Waals surface area contributed by atoms with Crippen molar-refractivity contribution in [2.45, 2.75) is 231 Å². The van der Waals surface area contributed by atoms with E-state index >= 15 is 0 Å². The maximum Gasteiger partial charge on any atom is 0.00472 e. The monoisotopic (exact) mass is 625 g/mol. The molecule has 0 aliphatic heterocycles. The van der Waals surface area contributed by atoms with E-state index in [1.165, 1.54) is 229 Å². The average Bonchev–Trinajstić information content (AvgIpc) is 3.01. The summed E-state index contributed by atoms with van der Waals surface area (Å²) in [5.41, 5.74) is 0. The Hall–Kier alpha value is 0.700. The second-order valence-corrected chi connectivity index (χ2v) is 16.7. The standard InChI is InChI=1S/C40H80S2/c1-3-5-7-9-11-13-15-17-19-21-23-25-27-29-36-41-38-35-39-31-33-40(34-32-39)42-37-30-28-26-24-22-20-18-16-14-12-10-8-6-4-2/h39-40H,3-38H2,1-2H3. The van der Waals surface area contributed by atoms with Gasteiger partial charge in [-0.2, -0.15) is 23.5 Å². The zero-order valence-electron chi connectivity index (χ0n) is 29.4. The van der Waals surface area contributed by atoms with Gasteiger partial charge in [-0.05, 0) is 68.1 Å². The highest BCUT2D eigenvalue weighted by molar-refractivity contribution is 7.99. The van der Waals surface area contributed by atoms with Crippen LogP contribution in [-0.4, -0.2) is 22.5 Å². The molecule has 0 saturated heterocycles. The molecule has 42 heavy (non-hydrogen) atoms. The molecule has 0 amide bonds. The van der Waals surface area contributed by atoms with E-state index in [2.05, 4.69) is 37.4 Å². The third-order valence-electron chi connectivity index (χ3n) is 9.96. The Morgan fingerprint density at radius 2 is 0.690 bits per heavy atom. The quantitative estimate of drug-likeness (QED) is 0.0653. The SMILES string of the molecule is CCCCCCCCCCCCCCCCSCCC1CCC(SCCCCCCCCCCCCCCCC)CC1. The molecule has 1 saturated carbocycles. The topological polar surface area (TPSA) is 0 Å². The Labute approximate surface area is 276 Å². The van der Waals surface area contributed by atoms with E-state index in [9.17, 15) is 0 Å². The molecular formula is C40H80S2. The molecule has 2 heteroatoms. The molecule has 0 aromatic rings. The fourth-order valence-corrected chi connectivity index (χ4v) is 9.31. The number of rotatable bonds is 34. The second kappa shape index (κ2) is 34.6. The molecule has 0 bridgehead atoms. The zero-order valence-corrected chi connectivity index (χ0v) is 31.1. The predicted octanol–water partition coefficient (Wildman–Crippen LogP) is 15.4. The smallest absolute Gasteiger partial charge is 0.00472 e. The second-order valence-electron chi connectivity index (χ2n) is 14.1. The molecule has 0 nitrogen and oxygen atoms in total. The first-order chi connectivity index (χ1) is 20.9. The van der Waals surface area contributed by atoms with Crippen LogP contribution in [0.3, 0.4) is 0 Å². The zero-order chi connectivity index (χ0) is 30.0. The minimum Gasteiger partial charge on any atom is -0.162 e. The molecule has 0 aromatic heterocycles. The van der Waals surface area contributed by atoms with Crippen LogP contribution in [0.4, 0.5) is 0 Å². The Kier molecular flexibility index (Phi) is 33.5. The molecule has 0 heterocycles. The van der Waals surface area contributed by atoms with Gasteiger partial charge >= 0.3 is 0 Å². The molecule has 0 spiro atoms. The number of unbranched alkanes of at least 4 members (excludes halogenated alkanes) is 26. The van der Waals surface area contributed by atoms with Gasteiger partial charge in [0.1, 0.15) is 0 Å². The van der Waals surface area contributed by atoms with Gasteiger partial charge in [-0.1, -0.05) is 181 Å². The van der Waals surface area contributed by atoms with Crippen molar-refractivity contribution >= 4 is 23.5 Å². The number of hydrogen-bond donors (Lipinski definition) is 0. The third kappa shape index (κ3) is 29.4. The van der Waals surface area contributed by atoms with Crippen molar-refractivity contribution in [1.29, 1.82) is 0 Å². The molecule has 0 aromatic carbocycles. The maximum absolute atomic E-state index is 2.33. The molecule has 1 fully saturated rings. The highest BCUT2D eigenvalue weighted by Gasteiger charge is 2.20. The van der Waals surface area contributed by atoms with Crippen LogP contribution in [-0.2, 0) is 0 Å². The molecular weight excluding hydrogens is 545 g/mol. The van der Waals surface area contributed by atoms with Crippen LogP contribution >= 0.6 is 23.5 Å². The molecule has 1 aliphatic carbocycles. The lowest BCUT2D eigenvalue weighted by Crippen LogP contribution is -2.17. The molecule has 0 unspecified atom stereocenters. The van der Waals surface area contributed by atoms with E-state index in [0.29, 0.717) is 0 Å². The molecule has 0 N–H and O–H groups in total. The Morgan fingerprint density at radius 3 is 1.07 bits per heavy atom. The summed E-state index contributed by atoms with van der Waals surface area (Å²) in [5.74, 6) is 5.33. The fourth-order valence-electron chi connectivity index (χ4n) is 6.88. The minimum absolute atomic E-state index is 0.992. The van der Waals surface area contributed by atoms with Gasteiger partial charge < -0.3 is 0 Å². The highest BCUT2D eigenvalue weighted by Crippen LogP contribution is 2.34. The van der Waals surface area contributed by atoms with E-state index in [1.54, 1.807) is 0 Å². The first-order valence-corrected chi connectivity index (χ1v) is 22.3. The van der Waals surface area contributed by atoms with E-state index in [1.807, 2.05) is 0 Å². The largest absolute Gasteiger partial charge is 0.162 e. The van der Waals surface area contributed by atoms with Gasteiger partial charge in [0.25, 0.3) is 0 Å². The van der Waals surface area contributed by atoms with Crippen molar-refractivity contribution in [3.05, 3.63) is 0 Å². The maximum atomic E-state index is 2.33. The summed E-state index contributed by atoms with van der Waals surface area (Å²) in [6.45, 7) is 4.62. The molecule has 0 atom stereocenters. The Morgan fingerprint density at radius 1 is 0.357 bits per heavy atom. The van der Waals surface area contributed by atoms with Crippen molar-refractivity contribution < 1.29 is 0 Å². The minimum atomic E-state index is 0.992. The summed E-state index contributed by atoms with van der Waals surface area (Å²) in [6.07, 6.45) is 48.8. The van der Waals surface area contributed by atoms with Crippen molar-refractivity contribution in [1.82, 2.24) is 0 Å². The van der Waals surface area contributed by atoms with Crippen molar-refractivity contribution in [2.75, 3.05) is 17.3 Å². The van der Waals surface area contributed by atoms with Crippen molar-refractivity contribution in [3.8, 4) is 0 Å². The lowest BCUT2D eigenvalue weighted by Gasteiger charge is -2.28. The summed E-state index contributed by atoms with van der Waals surface area (Å²) < 4.78 is 0. The molecule has 0 radical (unpaired) electrons.